The highest BCUT2D eigenvalue weighted by Crippen LogP contribution is 2.39. The van der Waals surface area contributed by atoms with Crippen molar-refractivity contribution in [1.82, 2.24) is 5.32 Å². The summed E-state index contributed by atoms with van der Waals surface area (Å²) in [4.78, 5) is 5.14. The molecule has 0 saturated carbocycles. The van der Waals surface area contributed by atoms with Crippen molar-refractivity contribution < 1.29 is 0 Å². The molecule has 0 spiro atoms. The van der Waals surface area contributed by atoms with Crippen LogP contribution in [0.15, 0.2) is 12.1 Å². The van der Waals surface area contributed by atoms with E-state index in [0.717, 1.165) is 26.2 Å². The molecule has 0 aliphatic carbocycles. The molecule has 1 fully saturated rings. The third-order valence-electron chi connectivity index (χ3n) is 4.58. The second-order valence-electron chi connectivity index (χ2n) is 5.69. The molecule has 96 valence electrons. The van der Waals surface area contributed by atoms with Crippen LogP contribution in [0.4, 0.5) is 11.4 Å². The molecule has 3 aliphatic rings. The van der Waals surface area contributed by atoms with Crippen molar-refractivity contribution in [3.63, 3.8) is 0 Å². The van der Waals surface area contributed by atoms with Gasteiger partial charge in [-0.25, -0.2) is 0 Å². The summed E-state index contributed by atoms with van der Waals surface area (Å²) in [6, 6.07) is 4.91. The Bertz CT molecular complexity index is 463. The summed E-state index contributed by atoms with van der Waals surface area (Å²) in [6.07, 6.45) is 3.86. The maximum atomic E-state index is 3.43. The number of piperazine rings is 1. The Balaban J connectivity index is 1.73. The molecule has 18 heavy (non-hydrogen) atoms. The Morgan fingerprint density at radius 1 is 0.833 bits per heavy atom. The Hall–Kier alpha value is -1.22. The van der Waals surface area contributed by atoms with Gasteiger partial charge >= 0.3 is 0 Å². The van der Waals surface area contributed by atoms with Crippen LogP contribution in [0.1, 0.15) is 17.5 Å². The topological polar surface area (TPSA) is 18.5 Å². The predicted octanol–water partition coefficient (Wildman–Crippen LogP) is 1.40. The summed E-state index contributed by atoms with van der Waals surface area (Å²) in [5.74, 6) is 0. The average molecular weight is 243 g/mol. The fourth-order valence-electron chi connectivity index (χ4n) is 3.69. The molecule has 0 radical (unpaired) electrons. The summed E-state index contributed by atoms with van der Waals surface area (Å²) < 4.78 is 0. The SMILES string of the molecule is c1c(N2CCNCC2)cc2c3c1CCCN3CC2. The first-order valence-electron chi connectivity index (χ1n) is 7.28. The van der Waals surface area contributed by atoms with Crippen LogP contribution in [-0.2, 0) is 12.8 Å². The van der Waals surface area contributed by atoms with Gasteiger partial charge in [0.25, 0.3) is 0 Å². The van der Waals surface area contributed by atoms with Crippen molar-refractivity contribution in [3.8, 4) is 0 Å². The van der Waals surface area contributed by atoms with E-state index in [9.17, 15) is 0 Å². The highest BCUT2D eigenvalue weighted by molar-refractivity contribution is 5.70. The van der Waals surface area contributed by atoms with E-state index in [4.69, 9.17) is 0 Å². The van der Waals surface area contributed by atoms with E-state index in [1.165, 1.54) is 38.0 Å². The molecule has 0 bridgehead atoms. The van der Waals surface area contributed by atoms with E-state index in [2.05, 4.69) is 27.2 Å². The Kier molecular flexibility index (Phi) is 2.47. The van der Waals surface area contributed by atoms with Crippen molar-refractivity contribution in [2.24, 2.45) is 0 Å². The first-order valence-corrected chi connectivity index (χ1v) is 7.28. The Labute approximate surface area is 109 Å². The second-order valence-corrected chi connectivity index (χ2v) is 5.69. The summed E-state index contributed by atoms with van der Waals surface area (Å²) in [6.45, 7) is 7.07. The number of nitrogens with zero attached hydrogens (tertiary/aromatic N) is 2. The normalized spacial score (nSPS) is 22.2. The zero-order valence-electron chi connectivity index (χ0n) is 10.9. The van der Waals surface area contributed by atoms with Gasteiger partial charge in [-0.1, -0.05) is 0 Å². The van der Waals surface area contributed by atoms with Gasteiger partial charge in [0.2, 0.25) is 0 Å². The van der Waals surface area contributed by atoms with Crippen LogP contribution in [-0.4, -0.2) is 39.3 Å². The molecule has 0 unspecified atom stereocenters. The number of benzene rings is 1. The fraction of sp³-hybridized carbons (Fsp3) is 0.600. The highest BCUT2D eigenvalue weighted by Gasteiger charge is 2.26. The zero-order chi connectivity index (χ0) is 11.9. The number of rotatable bonds is 1. The molecular weight excluding hydrogens is 222 g/mol. The minimum absolute atomic E-state index is 1.12. The van der Waals surface area contributed by atoms with Crippen LogP contribution in [0.2, 0.25) is 0 Å². The lowest BCUT2D eigenvalue weighted by Crippen LogP contribution is -2.43. The lowest BCUT2D eigenvalue weighted by atomic mass is 9.98. The first kappa shape index (κ1) is 10.7. The van der Waals surface area contributed by atoms with Gasteiger partial charge in [0, 0.05) is 50.6 Å². The van der Waals surface area contributed by atoms with E-state index >= 15 is 0 Å². The Morgan fingerprint density at radius 3 is 2.44 bits per heavy atom. The van der Waals surface area contributed by atoms with Gasteiger partial charge in [-0.2, -0.15) is 0 Å². The summed E-state index contributed by atoms with van der Waals surface area (Å²) >= 11 is 0. The number of aryl methyl sites for hydroxylation is 1. The number of anilines is 2. The maximum absolute atomic E-state index is 3.43. The first-order chi connectivity index (χ1) is 8.92. The van der Waals surface area contributed by atoms with Gasteiger partial charge in [-0.3, -0.25) is 0 Å². The van der Waals surface area contributed by atoms with Crippen LogP contribution in [0.25, 0.3) is 0 Å². The van der Waals surface area contributed by atoms with E-state index in [1.54, 1.807) is 16.8 Å². The number of hydrogen-bond acceptors (Lipinski definition) is 3. The van der Waals surface area contributed by atoms with Gasteiger partial charge in [-0.15, -0.1) is 0 Å². The van der Waals surface area contributed by atoms with Crippen LogP contribution < -0.4 is 15.1 Å². The lowest BCUT2D eigenvalue weighted by molar-refractivity contribution is 0.589. The molecule has 1 aromatic rings. The molecule has 1 N–H and O–H groups in total. The second kappa shape index (κ2) is 4.16. The van der Waals surface area contributed by atoms with Crippen molar-refractivity contribution in [3.05, 3.63) is 23.3 Å². The average Bonchev–Trinajstić information content (AvgIpc) is 2.85. The molecule has 0 atom stereocenters. The van der Waals surface area contributed by atoms with E-state index < -0.39 is 0 Å². The molecule has 0 aromatic heterocycles. The maximum Gasteiger partial charge on any atom is 0.0433 e. The summed E-state index contributed by atoms with van der Waals surface area (Å²) in [5.41, 5.74) is 6.25. The molecule has 4 rings (SSSR count). The van der Waals surface area contributed by atoms with Crippen molar-refractivity contribution in [2.45, 2.75) is 19.3 Å². The molecule has 1 saturated heterocycles. The van der Waals surface area contributed by atoms with Gasteiger partial charge in [0.1, 0.15) is 0 Å². The third-order valence-corrected chi connectivity index (χ3v) is 4.58. The Morgan fingerprint density at radius 2 is 1.61 bits per heavy atom. The standard InChI is InChI=1S/C15H21N3/c1-2-12-10-14(17-8-4-16-5-9-17)11-13-3-7-18(6-1)15(12)13/h10-11,16H,1-9H2. The smallest absolute Gasteiger partial charge is 0.0433 e. The van der Waals surface area contributed by atoms with E-state index in [-0.39, 0.29) is 0 Å². The van der Waals surface area contributed by atoms with Crippen LogP contribution >= 0.6 is 0 Å². The summed E-state index contributed by atoms with van der Waals surface area (Å²) in [5, 5.41) is 3.43. The lowest BCUT2D eigenvalue weighted by Gasteiger charge is -2.32. The zero-order valence-corrected chi connectivity index (χ0v) is 10.9. The molecule has 3 heteroatoms. The highest BCUT2D eigenvalue weighted by atomic mass is 15.2. The van der Waals surface area contributed by atoms with Crippen LogP contribution in [0, 0.1) is 0 Å². The van der Waals surface area contributed by atoms with E-state index in [1.807, 2.05) is 0 Å². The van der Waals surface area contributed by atoms with Crippen molar-refractivity contribution in [1.29, 1.82) is 0 Å². The monoisotopic (exact) mass is 243 g/mol. The van der Waals surface area contributed by atoms with Crippen LogP contribution in [0.5, 0.6) is 0 Å². The fourth-order valence-corrected chi connectivity index (χ4v) is 3.69. The van der Waals surface area contributed by atoms with Crippen molar-refractivity contribution >= 4 is 11.4 Å². The molecule has 3 aliphatic heterocycles. The predicted molar refractivity (Wildman–Crippen MR) is 75.8 cm³/mol. The minimum atomic E-state index is 1.12. The van der Waals surface area contributed by atoms with Crippen molar-refractivity contribution in [2.75, 3.05) is 49.1 Å². The van der Waals surface area contributed by atoms with E-state index in [0.29, 0.717) is 0 Å². The van der Waals surface area contributed by atoms with Crippen LogP contribution in [0.3, 0.4) is 0 Å². The molecule has 3 heterocycles. The van der Waals surface area contributed by atoms with Gasteiger partial charge in [0.15, 0.2) is 0 Å². The quantitative estimate of drug-likeness (QED) is 0.804. The largest absolute Gasteiger partial charge is 0.371 e. The molecule has 3 nitrogen and oxygen atoms in total. The minimum Gasteiger partial charge on any atom is -0.371 e. The van der Waals surface area contributed by atoms with Gasteiger partial charge in [0.05, 0.1) is 0 Å². The molecule has 1 aromatic carbocycles. The third kappa shape index (κ3) is 1.61. The summed E-state index contributed by atoms with van der Waals surface area (Å²) in [7, 11) is 0. The van der Waals surface area contributed by atoms with Gasteiger partial charge in [-0.05, 0) is 42.5 Å². The molecule has 0 amide bonds. The van der Waals surface area contributed by atoms with Gasteiger partial charge < -0.3 is 15.1 Å². The number of hydrogen-bond donors (Lipinski definition) is 1. The molecular formula is C15H21N3. The number of nitrogens with one attached hydrogen (secondary N) is 1.